The summed E-state index contributed by atoms with van der Waals surface area (Å²) < 4.78 is 1.22. The molecule has 2 rings (SSSR count). The molecule has 1 atom stereocenters. The topological polar surface area (TPSA) is 15.3 Å². The number of rotatable bonds is 6. The van der Waals surface area contributed by atoms with Crippen LogP contribution in [0.5, 0.6) is 0 Å². The van der Waals surface area contributed by atoms with Gasteiger partial charge in [0, 0.05) is 23.6 Å². The lowest BCUT2D eigenvalue weighted by atomic mass is 10.1. The lowest BCUT2D eigenvalue weighted by Gasteiger charge is -2.28. The van der Waals surface area contributed by atoms with Gasteiger partial charge in [0.1, 0.15) is 0 Å². The molecule has 2 nitrogen and oxygen atoms in total. The fraction of sp³-hybridized carbons (Fsp3) is 0.647. The summed E-state index contributed by atoms with van der Waals surface area (Å²) in [5.74, 6) is 0. The summed E-state index contributed by atoms with van der Waals surface area (Å²) in [6, 6.07) is 7.93. The Balaban J connectivity index is 2.08. The summed E-state index contributed by atoms with van der Waals surface area (Å²) in [7, 11) is 2.23. The molecule has 1 aliphatic carbocycles. The number of benzene rings is 1. The van der Waals surface area contributed by atoms with E-state index in [0.717, 1.165) is 6.54 Å². The van der Waals surface area contributed by atoms with Crippen molar-refractivity contribution in [2.45, 2.75) is 58.0 Å². The number of nitrogens with one attached hydrogen (secondary N) is 1. The molecular weight excluding hydrogens is 312 g/mol. The van der Waals surface area contributed by atoms with E-state index in [1.54, 1.807) is 0 Å². The molecule has 3 heteroatoms. The average molecular weight is 339 g/mol. The van der Waals surface area contributed by atoms with Crippen LogP contribution in [-0.2, 0) is 0 Å². The largest absolute Gasteiger partial charge is 0.371 e. The van der Waals surface area contributed by atoms with Crippen LogP contribution in [0.15, 0.2) is 22.7 Å². The third-order valence-corrected chi connectivity index (χ3v) is 5.06. The molecule has 0 heterocycles. The lowest BCUT2D eigenvalue weighted by Crippen LogP contribution is -2.29. The molecule has 0 bridgehead atoms. The minimum Gasteiger partial charge on any atom is -0.371 e. The van der Waals surface area contributed by atoms with Crippen molar-refractivity contribution in [3.63, 3.8) is 0 Å². The Labute approximate surface area is 132 Å². The third-order valence-electron chi connectivity index (χ3n) is 4.42. The molecule has 0 aromatic heterocycles. The van der Waals surface area contributed by atoms with Crippen molar-refractivity contribution in [3.8, 4) is 0 Å². The van der Waals surface area contributed by atoms with Crippen LogP contribution in [-0.4, -0.2) is 19.6 Å². The maximum absolute atomic E-state index is 3.76. The Bertz CT molecular complexity index is 427. The van der Waals surface area contributed by atoms with Crippen LogP contribution in [0.1, 0.15) is 57.6 Å². The normalized spacial score (nSPS) is 17.4. The van der Waals surface area contributed by atoms with E-state index in [1.807, 2.05) is 0 Å². The van der Waals surface area contributed by atoms with Gasteiger partial charge >= 0.3 is 0 Å². The lowest BCUT2D eigenvalue weighted by molar-refractivity contribution is 0.570. The SMILES string of the molecule is CCCNC(C)c1ccc(N(C)C2CCCC2)c(Br)c1. The van der Waals surface area contributed by atoms with Gasteiger partial charge in [-0.1, -0.05) is 25.8 Å². The predicted octanol–water partition coefficient (Wildman–Crippen LogP) is 4.89. The van der Waals surface area contributed by atoms with Crippen LogP contribution in [0.2, 0.25) is 0 Å². The molecule has 20 heavy (non-hydrogen) atoms. The first kappa shape index (κ1) is 15.8. The number of halogens is 1. The third kappa shape index (κ3) is 3.76. The Hall–Kier alpha value is -0.540. The van der Waals surface area contributed by atoms with Crippen LogP contribution >= 0.6 is 15.9 Å². The highest BCUT2D eigenvalue weighted by Gasteiger charge is 2.21. The van der Waals surface area contributed by atoms with E-state index in [4.69, 9.17) is 0 Å². The molecule has 0 spiro atoms. The fourth-order valence-electron chi connectivity index (χ4n) is 3.05. The van der Waals surface area contributed by atoms with Gasteiger partial charge in [-0.15, -0.1) is 0 Å². The van der Waals surface area contributed by atoms with Crippen LogP contribution < -0.4 is 10.2 Å². The van der Waals surface area contributed by atoms with E-state index in [1.165, 1.54) is 47.8 Å². The molecule has 1 N–H and O–H groups in total. The van der Waals surface area contributed by atoms with Crippen LogP contribution in [0, 0.1) is 0 Å². The van der Waals surface area contributed by atoms with E-state index in [0.29, 0.717) is 12.1 Å². The number of hydrogen-bond donors (Lipinski definition) is 1. The van der Waals surface area contributed by atoms with Crippen molar-refractivity contribution in [2.75, 3.05) is 18.5 Å². The van der Waals surface area contributed by atoms with Crippen molar-refractivity contribution in [3.05, 3.63) is 28.2 Å². The molecule has 1 fully saturated rings. The van der Waals surface area contributed by atoms with Crippen LogP contribution in [0.25, 0.3) is 0 Å². The molecule has 0 saturated heterocycles. The van der Waals surface area contributed by atoms with Gasteiger partial charge in [0.25, 0.3) is 0 Å². The van der Waals surface area contributed by atoms with Gasteiger partial charge in [-0.25, -0.2) is 0 Å². The summed E-state index contributed by atoms with van der Waals surface area (Å²) in [4.78, 5) is 2.45. The van der Waals surface area contributed by atoms with Crippen molar-refractivity contribution < 1.29 is 0 Å². The summed E-state index contributed by atoms with van der Waals surface area (Å²) in [6.07, 6.45) is 6.59. The highest BCUT2D eigenvalue weighted by atomic mass is 79.9. The quantitative estimate of drug-likeness (QED) is 0.794. The van der Waals surface area contributed by atoms with Crippen LogP contribution in [0.4, 0.5) is 5.69 Å². The van der Waals surface area contributed by atoms with Crippen molar-refractivity contribution in [2.24, 2.45) is 0 Å². The van der Waals surface area contributed by atoms with Gasteiger partial charge in [-0.05, 0) is 66.4 Å². The van der Waals surface area contributed by atoms with E-state index in [2.05, 4.69) is 65.2 Å². The monoisotopic (exact) mass is 338 g/mol. The predicted molar refractivity (Wildman–Crippen MR) is 91.5 cm³/mol. The first-order valence-corrected chi connectivity index (χ1v) is 8.68. The zero-order valence-corrected chi connectivity index (χ0v) is 14.5. The van der Waals surface area contributed by atoms with Crippen molar-refractivity contribution >= 4 is 21.6 Å². The molecule has 1 aliphatic rings. The van der Waals surface area contributed by atoms with Gasteiger partial charge in [-0.3, -0.25) is 0 Å². The molecule has 0 radical (unpaired) electrons. The Morgan fingerprint density at radius 3 is 2.65 bits per heavy atom. The molecule has 1 saturated carbocycles. The maximum atomic E-state index is 3.76. The number of nitrogens with zero attached hydrogens (tertiary/aromatic N) is 1. The van der Waals surface area contributed by atoms with E-state index >= 15 is 0 Å². The molecule has 0 amide bonds. The highest BCUT2D eigenvalue weighted by Crippen LogP contribution is 2.33. The van der Waals surface area contributed by atoms with E-state index in [9.17, 15) is 0 Å². The van der Waals surface area contributed by atoms with Gasteiger partial charge in [0.2, 0.25) is 0 Å². The summed E-state index contributed by atoms with van der Waals surface area (Å²) in [6.45, 7) is 5.51. The molecule has 112 valence electrons. The van der Waals surface area contributed by atoms with Gasteiger partial charge < -0.3 is 10.2 Å². The first-order valence-electron chi connectivity index (χ1n) is 7.89. The average Bonchev–Trinajstić information content (AvgIpc) is 2.98. The zero-order chi connectivity index (χ0) is 14.5. The molecular formula is C17H27BrN2. The summed E-state index contributed by atoms with van der Waals surface area (Å²) >= 11 is 3.76. The van der Waals surface area contributed by atoms with Crippen molar-refractivity contribution in [1.29, 1.82) is 0 Å². The minimum absolute atomic E-state index is 0.414. The Morgan fingerprint density at radius 1 is 1.35 bits per heavy atom. The van der Waals surface area contributed by atoms with E-state index < -0.39 is 0 Å². The van der Waals surface area contributed by atoms with Gasteiger partial charge in [0.05, 0.1) is 5.69 Å². The first-order chi connectivity index (χ1) is 9.63. The standard InChI is InChI=1S/C17H27BrN2/c1-4-11-19-13(2)14-9-10-17(16(18)12-14)20(3)15-7-5-6-8-15/h9-10,12-13,15,19H,4-8,11H2,1-3H3. The van der Waals surface area contributed by atoms with E-state index in [-0.39, 0.29) is 0 Å². The van der Waals surface area contributed by atoms with Crippen LogP contribution in [0.3, 0.4) is 0 Å². The molecule has 1 unspecified atom stereocenters. The maximum Gasteiger partial charge on any atom is 0.0510 e. The second-order valence-electron chi connectivity index (χ2n) is 5.94. The highest BCUT2D eigenvalue weighted by molar-refractivity contribution is 9.10. The molecule has 1 aromatic carbocycles. The Kier molecular flexibility index (Phi) is 5.91. The van der Waals surface area contributed by atoms with Crippen molar-refractivity contribution in [1.82, 2.24) is 5.32 Å². The Morgan fingerprint density at radius 2 is 2.05 bits per heavy atom. The minimum atomic E-state index is 0.414. The number of anilines is 1. The number of hydrogen-bond acceptors (Lipinski definition) is 2. The molecule has 0 aliphatic heterocycles. The summed E-state index contributed by atoms with van der Waals surface area (Å²) in [5.41, 5.74) is 2.68. The molecule has 1 aromatic rings. The second kappa shape index (κ2) is 7.46. The second-order valence-corrected chi connectivity index (χ2v) is 6.79. The fourth-order valence-corrected chi connectivity index (χ4v) is 3.72. The van der Waals surface area contributed by atoms with Gasteiger partial charge in [0.15, 0.2) is 0 Å². The smallest absolute Gasteiger partial charge is 0.0510 e. The van der Waals surface area contributed by atoms with Gasteiger partial charge in [-0.2, -0.15) is 0 Å². The summed E-state index contributed by atoms with van der Waals surface area (Å²) in [5, 5.41) is 3.55. The zero-order valence-electron chi connectivity index (χ0n) is 13.0.